The number of hydrogen-bond donors (Lipinski definition) is 1. The number of aryl methyl sites for hydroxylation is 1. The number of anilines is 1. The average Bonchev–Trinajstić information content (AvgIpc) is 3.20. The minimum absolute atomic E-state index is 0.132. The van der Waals surface area contributed by atoms with E-state index in [2.05, 4.69) is 15.0 Å². The maximum Gasteiger partial charge on any atom is 0.573 e. The number of alkyl halides is 3. The highest BCUT2D eigenvalue weighted by molar-refractivity contribution is 5.91. The highest BCUT2D eigenvalue weighted by atomic mass is 19.4. The number of ether oxygens (including phenoxy) is 1. The van der Waals surface area contributed by atoms with Crippen molar-refractivity contribution in [3.8, 4) is 16.9 Å². The lowest BCUT2D eigenvalue weighted by molar-refractivity contribution is -0.274. The lowest BCUT2D eigenvalue weighted by Gasteiger charge is -2.10. The molecule has 0 saturated carbocycles. The van der Waals surface area contributed by atoms with Crippen molar-refractivity contribution in [1.82, 2.24) is 18.7 Å². The van der Waals surface area contributed by atoms with Crippen LogP contribution in [0.5, 0.6) is 5.75 Å². The summed E-state index contributed by atoms with van der Waals surface area (Å²) in [5.74, 6) is -0.737. The average molecular weight is 473 g/mol. The molecule has 2 heterocycles. The Kier molecular flexibility index (Phi) is 5.73. The van der Waals surface area contributed by atoms with Gasteiger partial charge in [-0.2, -0.15) is 0 Å². The molecule has 1 N–H and O–H groups in total. The van der Waals surface area contributed by atoms with Gasteiger partial charge in [-0.1, -0.05) is 24.3 Å². The molecule has 0 saturated heterocycles. The summed E-state index contributed by atoms with van der Waals surface area (Å²) < 4.78 is 44.3. The van der Waals surface area contributed by atoms with E-state index in [4.69, 9.17) is 0 Å². The van der Waals surface area contributed by atoms with Gasteiger partial charge in [0.05, 0.1) is 6.33 Å². The highest BCUT2D eigenvalue weighted by Crippen LogP contribution is 2.27. The zero-order chi connectivity index (χ0) is 24.6. The zero-order valence-corrected chi connectivity index (χ0v) is 18.0. The molecular weight excluding hydrogens is 455 g/mol. The molecule has 0 unspecified atom stereocenters. The van der Waals surface area contributed by atoms with Crippen LogP contribution in [0.25, 0.3) is 22.3 Å². The second kappa shape index (κ2) is 8.54. The second-order valence-corrected chi connectivity index (χ2v) is 7.45. The van der Waals surface area contributed by atoms with E-state index >= 15 is 0 Å². The Labute approximate surface area is 189 Å². The standard InChI is InChI=1S/C22H18F3N5O4/c1-28-19-18(20(32)29(2)21(28)33)30(12-26-19)11-17(31)27-15-7-3-13(4-8-15)14-5-9-16(10-6-14)34-22(23,24)25/h3-10,12H,11H2,1-2H3,(H,27,31). The van der Waals surface area contributed by atoms with Crippen molar-refractivity contribution in [1.29, 1.82) is 0 Å². The molecule has 0 atom stereocenters. The van der Waals surface area contributed by atoms with Crippen molar-refractivity contribution in [3.05, 3.63) is 75.7 Å². The van der Waals surface area contributed by atoms with Crippen LogP contribution < -0.4 is 21.3 Å². The summed E-state index contributed by atoms with van der Waals surface area (Å²) in [6, 6.07) is 12.1. The Bertz CT molecular complexity index is 1480. The fourth-order valence-electron chi connectivity index (χ4n) is 3.47. The van der Waals surface area contributed by atoms with E-state index in [9.17, 15) is 27.6 Å². The van der Waals surface area contributed by atoms with Crippen molar-refractivity contribution in [2.75, 3.05) is 5.32 Å². The Morgan fingerprint density at radius 3 is 2.15 bits per heavy atom. The minimum Gasteiger partial charge on any atom is -0.406 e. The maximum atomic E-state index is 12.5. The molecule has 2 aromatic carbocycles. The molecule has 0 aliphatic heterocycles. The minimum atomic E-state index is -4.76. The lowest BCUT2D eigenvalue weighted by Crippen LogP contribution is -2.37. The first-order chi connectivity index (χ1) is 16.0. The SMILES string of the molecule is Cn1c(=O)c2c(ncn2CC(=O)Nc2ccc(-c3ccc(OC(F)(F)F)cc3)cc2)n(C)c1=O. The van der Waals surface area contributed by atoms with Crippen LogP contribution in [0.2, 0.25) is 0 Å². The normalized spacial score (nSPS) is 11.6. The monoisotopic (exact) mass is 473 g/mol. The first-order valence-electron chi connectivity index (χ1n) is 9.90. The Morgan fingerprint density at radius 1 is 0.971 bits per heavy atom. The van der Waals surface area contributed by atoms with Gasteiger partial charge in [-0.25, -0.2) is 9.78 Å². The molecule has 1 amide bonds. The number of benzene rings is 2. The summed E-state index contributed by atoms with van der Waals surface area (Å²) in [7, 11) is 2.83. The number of rotatable bonds is 5. The van der Waals surface area contributed by atoms with Gasteiger partial charge >= 0.3 is 12.1 Å². The number of hydrogen-bond acceptors (Lipinski definition) is 5. The Balaban J connectivity index is 1.47. The van der Waals surface area contributed by atoms with E-state index in [1.807, 2.05) is 0 Å². The van der Waals surface area contributed by atoms with Crippen molar-refractivity contribution in [3.63, 3.8) is 0 Å². The van der Waals surface area contributed by atoms with E-state index in [0.717, 1.165) is 10.1 Å². The quantitative estimate of drug-likeness (QED) is 0.481. The number of halogens is 3. The summed E-state index contributed by atoms with van der Waals surface area (Å²) in [5.41, 5.74) is 1.11. The highest BCUT2D eigenvalue weighted by Gasteiger charge is 2.31. The van der Waals surface area contributed by atoms with Gasteiger partial charge in [0.15, 0.2) is 11.2 Å². The zero-order valence-electron chi connectivity index (χ0n) is 18.0. The van der Waals surface area contributed by atoms with Crippen LogP contribution in [-0.4, -0.2) is 31.0 Å². The van der Waals surface area contributed by atoms with Gasteiger partial charge < -0.3 is 14.6 Å². The van der Waals surface area contributed by atoms with Crippen LogP contribution in [0.3, 0.4) is 0 Å². The fraction of sp³-hybridized carbons (Fsp3) is 0.182. The van der Waals surface area contributed by atoms with Gasteiger partial charge in [0.2, 0.25) is 5.91 Å². The molecule has 0 bridgehead atoms. The van der Waals surface area contributed by atoms with Gasteiger partial charge in [0, 0.05) is 19.8 Å². The van der Waals surface area contributed by atoms with E-state index in [0.29, 0.717) is 11.3 Å². The molecule has 0 fully saturated rings. The van der Waals surface area contributed by atoms with Crippen LogP contribution in [0, 0.1) is 0 Å². The van der Waals surface area contributed by atoms with Gasteiger partial charge in [0.1, 0.15) is 12.3 Å². The van der Waals surface area contributed by atoms with Crippen molar-refractivity contribution < 1.29 is 22.7 Å². The van der Waals surface area contributed by atoms with Crippen LogP contribution in [0.4, 0.5) is 18.9 Å². The summed E-state index contributed by atoms with van der Waals surface area (Å²) in [6.07, 6.45) is -3.44. The van der Waals surface area contributed by atoms with Crippen LogP contribution in [0.1, 0.15) is 0 Å². The van der Waals surface area contributed by atoms with Gasteiger partial charge in [-0.15, -0.1) is 13.2 Å². The third-order valence-corrected chi connectivity index (χ3v) is 5.12. The molecule has 4 rings (SSSR count). The Morgan fingerprint density at radius 2 is 1.56 bits per heavy atom. The molecule has 0 aliphatic rings. The number of imidazole rings is 1. The van der Waals surface area contributed by atoms with Crippen molar-refractivity contribution in [2.45, 2.75) is 12.9 Å². The van der Waals surface area contributed by atoms with E-state index in [1.54, 1.807) is 24.3 Å². The summed E-state index contributed by atoms with van der Waals surface area (Å²) in [4.78, 5) is 41.1. The fourth-order valence-corrected chi connectivity index (χ4v) is 3.47. The number of amides is 1. The lowest BCUT2D eigenvalue weighted by atomic mass is 10.1. The molecule has 0 spiro atoms. The molecule has 9 nitrogen and oxygen atoms in total. The van der Waals surface area contributed by atoms with Gasteiger partial charge in [-0.3, -0.25) is 18.7 Å². The number of nitrogens with zero attached hydrogens (tertiary/aromatic N) is 4. The molecular formula is C22H18F3N5O4. The summed E-state index contributed by atoms with van der Waals surface area (Å²) in [5, 5.41) is 2.71. The molecule has 4 aromatic rings. The van der Waals surface area contributed by atoms with Crippen LogP contribution in [-0.2, 0) is 25.4 Å². The molecule has 0 aliphatic carbocycles. The Hall–Kier alpha value is -4.35. The molecule has 2 aromatic heterocycles. The first kappa shape index (κ1) is 22.8. The molecule has 12 heteroatoms. The third-order valence-electron chi connectivity index (χ3n) is 5.12. The number of nitrogens with one attached hydrogen (secondary N) is 1. The summed E-state index contributed by atoms with van der Waals surface area (Å²) in [6.45, 7) is -0.202. The predicted octanol–water partition coefficient (Wildman–Crippen LogP) is 2.64. The van der Waals surface area contributed by atoms with Crippen LogP contribution >= 0.6 is 0 Å². The number of fused-ring (bicyclic) bond motifs is 1. The largest absolute Gasteiger partial charge is 0.573 e. The van der Waals surface area contributed by atoms with Gasteiger partial charge in [-0.05, 0) is 35.4 Å². The molecule has 0 radical (unpaired) electrons. The van der Waals surface area contributed by atoms with Crippen LogP contribution in [0.15, 0.2) is 64.4 Å². The van der Waals surface area contributed by atoms with Gasteiger partial charge in [0.25, 0.3) is 5.56 Å². The predicted molar refractivity (Wildman–Crippen MR) is 117 cm³/mol. The molecule has 176 valence electrons. The smallest absolute Gasteiger partial charge is 0.406 e. The maximum absolute atomic E-state index is 12.5. The number of carbonyl (C=O) groups excluding carboxylic acids is 1. The molecule has 34 heavy (non-hydrogen) atoms. The second-order valence-electron chi connectivity index (χ2n) is 7.45. The van der Waals surface area contributed by atoms with E-state index < -0.39 is 23.5 Å². The van der Waals surface area contributed by atoms with Crippen molar-refractivity contribution in [2.24, 2.45) is 14.1 Å². The number of carbonyl (C=O) groups is 1. The van der Waals surface area contributed by atoms with E-state index in [1.165, 1.54) is 53.8 Å². The topological polar surface area (TPSA) is 100 Å². The first-order valence-corrected chi connectivity index (χ1v) is 9.90. The summed E-state index contributed by atoms with van der Waals surface area (Å²) >= 11 is 0. The third kappa shape index (κ3) is 4.56. The van der Waals surface area contributed by atoms with E-state index in [-0.39, 0.29) is 23.5 Å². The number of aromatic nitrogens is 4. The van der Waals surface area contributed by atoms with Crippen molar-refractivity contribution >= 4 is 22.8 Å².